The normalized spacial score (nSPS) is 25.4. The maximum Gasteiger partial charge on any atom is 0.457 e. The highest BCUT2D eigenvalue weighted by atomic mass is 35.5. The van der Waals surface area contributed by atoms with Gasteiger partial charge in [0, 0.05) is 22.9 Å². The lowest BCUT2D eigenvalue weighted by atomic mass is 9.64. The molecule has 4 rings (SSSR count). The van der Waals surface area contributed by atoms with Crippen LogP contribution in [-0.2, 0) is 20.5 Å². The summed E-state index contributed by atoms with van der Waals surface area (Å²) in [5, 5.41) is 0.847. The van der Waals surface area contributed by atoms with E-state index in [1.54, 1.807) is 0 Å². The monoisotopic (exact) mass is 557 g/mol. The molecule has 0 N–H and O–H groups in total. The standard InChI is InChI=1S/C33H53BClNO3/c1-30(2,3)23-29(37)33(8,18-9-10-19-34-38-31(4,5)32(6,7)39-34)25-16-20-36(21-17-25)28-13-11-12-24-22-26(35)14-15-27(24)28/h14-15,22,25,28H,9-13,16-21,23H2,1-8H3. The molecular formula is C33H53BClNO3. The van der Waals surface area contributed by atoms with E-state index in [9.17, 15) is 4.79 Å². The number of nitrogens with zero attached hydrogens (tertiary/aromatic N) is 1. The molecule has 0 amide bonds. The number of aryl methyl sites for hydroxylation is 1. The summed E-state index contributed by atoms with van der Waals surface area (Å²) in [5.41, 5.74) is 2.07. The summed E-state index contributed by atoms with van der Waals surface area (Å²) in [6, 6.07) is 6.97. The molecule has 0 radical (unpaired) electrons. The molecule has 2 fully saturated rings. The van der Waals surface area contributed by atoms with Crippen molar-refractivity contribution < 1.29 is 14.1 Å². The first-order valence-corrected chi connectivity index (χ1v) is 15.9. The molecule has 2 aliphatic heterocycles. The first-order chi connectivity index (χ1) is 18.1. The lowest BCUT2D eigenvalue weighted by Gasteiger charge is -2.46. The lowest BCUT2D eigenvalue weighted by molar-refractivity contribution is -0.135. The van der Waals surface area contributed by atoms with Gasteiger partial charge in [0.1, 0.15) is 5.78 Å². The van der Waals surface area contributed by atoms with Crippen LogP contribution in [0.5, 0.6) is 0 Å². The molecule has 1 aromatic rings. The molecule has 6 heteroatoms. The van der Waals surface area contributed by atoms with Crippen LogP contribution in [0.1, 0.15) is 124 Å². The van der Waals surface area contributed by atoms with Gasteiger partial charge in [-0.1, -0.05) is 58.2 Å². The number of likely N-dealkylation sites (tertiary alicyclic amines) is 1. The Morgan fingerprint density at radius 3 is 2.28 bits per heavy atom. The molecule has 2 unspecified atom stereocenters. The minimum atomic E-state index is -0.284. The molecular weight excluding hydrogens is 505 g/mol. The first-order valence-electron chi connectivity index (χ1n) is 15.5. The average molecular weight is 558 g/mol. The third kappa shape index (κ3) is 7.13. The molecule has 2 atom stereocenters. The zero-order valence-electron chi connectivity index (χ0n) is 26.0. The van der Waals surface area contributed by atoms with Gasteiger partial charge in [-0.15, -0.1) is 0 Å². The molecule has 2 saturated heterocycles. The number of fused-ring (bicyclic) bond motifs is 1. The van der Waals surface area contributed by atoms with Gasteiger partial charge >= 0.3 is 7.12 Å². The van der Waals surface area contributed by atoms with Gasteiger partial charge in [-0.2, -0.15) is 0 Å². The summed E-state index contributed by atoms with van der Waals surface area (Å²) in [4.78, 5) is 16.6. The minimum absolute atomic E-state index is 0.00875. The van der Waals surface area contributed by atoms with E-state index in [0.717, 1.165) is 63.0 Å². The van der Waals surface area contributed by atoms with Gasteiger partial charge < -0.3 is 9.31 Å². The Labute approximate surface area is 244 Å². The predicted octanol–water partition coefficient (Wildman–Crippen LogP) is 8.70. The highest BCUT2D eigenvalue weighted by molar-refractivity contribution is 6.45. The number of halogens is 1. The summed E-state index contributed by atoms with van der Waals surface area (Å²) >= 11 is 6.31. The average Bonchev–Trinajstić information content (AvgIpc) is 3.05. The van der Waals surface area contributed by atoms with Gasteiger partial charge in [-0.25, -0.2) is 0 Å². The van der Waals surface area contributed by atoms with E-state index < -0.39 is 0 Å². The molecule has 4 nitrogen and oxygen atoms in total. The van der Waals surface area contributed by atoms with Gasteiger partial charge in [0.15, 0.2) is 0 Å². The summed E-state index contributed by atoms with van der Waals surface area (Å²) in [6.45, 7) is 19.5. The molecule has 218 valence electrons. The van der Waals surface area contributed by atoms with Gasteiger partial charge in [-0.3, -0.25) is 9.69 Å². The third-order valence-electron chi connectivity index (χ3n) is 10.3. The van der Waals surface area contributed by atoms with E-state index in [0.29, 0.717) is 24.2 Å². The number of carbonyl (C=O) groups excluding carboxylic acids is 1. The Balaban J connectivity index is 1.38. The molecule has 0 bridgehead atoms. The fourth-order valence-electron chi connectivity index (χ4n) is 7.13. The van der Waals surface area contributed by atoms with Crippen molar-refractivity contribution in [1.29, 1.82) is 0 Å². The van der Waals surface area contributed by atoms with Crippen LogP contribution in [0.15, 0.2) is 18.2 Å². The number of ketones is 1. The maximum atomic E-state index is 13.9. The van der Waals surface area contributed by atoms with Gasteiger partial charge in [0.25, 0.3) is 0 Å². The Bertz CT molecular complexity index is 995. The number of Topliss-reactive ketones (excluding diaryl/α,β-unsaturated/α-hetero) is 1. The SMILES string of the molecule is CC(C)(C)CC(=O)C(C)(CCCCB1OC(C)(C)C(C)(C)O1)C1CCN(C2CCCc3cc(Cl)ccc32)CC1. The Morgan fingerprint density at radius 1 is 1.03 bits per heavy atom. The number of hydrogen-bond donors (Lipinski definition) is 0. The number of unbranched alkanes of at least 4 members (excludes halogenated alkanes) is 1. The zero-order valence-corrected chi connectivity index (χ0v) is 26.8. The molecule has 0 spiro atoms. The highest BCUT2D eigenvalue weighted by Gasteiger charge is 2.50. The Kier molecular flexibility index (Phi) is 9.39. The fraction of sp³-hybridized carbons (Fsp3) is 0.788. The Hall–Kier alpha value is -0.875. The summed E-state index contributed by atoms with van der Waals surface area (Å²) < 4.78 is 12.4. The van der Waals surface area contributed by atoms with Crippen molar-refractivity contribution in [3.8, 4) is 0 Å². The highest BCUT2D eigenvalue weighted by Crippen LogP contribution is 2.46. The summed E-state index contributed by atoms with van der Waals surface area (Å²) in [7, 11) is -0.150. The van der Waals surface area contributed by atoms with Crippen LogP contribution >= 0.6 is 11.6 Å². The largest absolute Gasteiger partial charge is 0.457 e. The second-order valence-electron chi connectivity index (χ2n) is 15.1. The molecule has 0 saturated carbocycles. The number of piperidine rings is 1. The number of carbonyl (C=O) groups is 1. The van der Waals surface area contributed by atoms with Crippen molar-refractivity contribution in [1.82, 2.24) is 4.90 Å². The van der Waals surface area contributed by atoms with Crippen LogP contribution in [-0.4, -0.2) is 42.1 Å². The van der Waals surface area contributed by atoms with E-state index in [1.807, 2.05) is 0 Å². The lowest BCUT2D eigenvalue weighted by Crippen LogP contribution is -2.45. The Morgan fingerprint density at radius 2 is 1.67 bits per heavy atom. The smallest absolute Gasteiger partial charge is 0.403 e. The number of benzene rings is 1. The van der Waals surface area contributed by atoms with Crippen molar-refractivity contribution in [2.24, 2.45) is 16.7 Å². The minimum Gasteiger partial charge on any atom is -0.403 e. The van der Waals surface area contributed by atoms with E-state index in [2.05, 4.69) is 78.5 Å². The molecule has 1 aliphatic carbocycles. The van der Waals surface area contributed by atoms with Crippen LogP contribution < -0.4 is 0 Å². The van der Waals surface area contributed by atoms with Crippen molar-refractivity contribution in [2.75, 3.05) is 13.1 Å². The van der Waals surface area contributed by atoms with Gasteiger partial charge in [0.05, 0.1) is 11.2 Å². The number of rotatable bonds is 9. The van der Waals surface area contributed by atoms with Gasteiger partial charge in [0.2, 0.25) is 0 Å². The first kappa shape index (κ1) is 31.1. The fourth-order valence-corrected chi connectivity index (χ4v) is 7.32. The molecule has 3 aliphatic rings. The van der Waals surface area contributed by atoms with E-state index in [4.69, 9.17) is 20.9 Å². The van der Waals surface area contributed by atoms with Crippen LogP contribution in [0.3, 0.4) is 0 Å². The molecule has 1 aromatic carbocycles. The quantitative estimate of drug-likeness (QED) is 0.225. The second-order valence-corrected chi connectivity index (χ2v) is 15.5. The predicted molar refractivity (Wildman–Crippen MR) is 163 cm³/mol. The van der Waals surface area contributed by atoms with Crippen LogP contribution in [0.2, 0.25) is 11.3 Å². The van der Waals surface area contributed by atoms with E-state index in [-0.39, 0.29) is 29.2 Å². The topological polar surface area (TPSA) is 38.8 Å². The van der Waals surface area contributed by atoms with Crippen molar-refractivity contribution in [3.05, 3.63) is 34.3 Å². The summed E-state index contributed by atoms with van der Waals surface area (Å²) in [6.07, 6.45) is 10.3. The van der Waals surface area contributed by atoms with Crippen molar-refractivity contribution >= 4 is 24.5 Å². The maximum absolute atomic E-state index is 13.9. The van der Waals surface area contributed by atoms with Crippen molar-refractivity contribution in [2.45, 2.75) is 137 Å². The molecule has 2 heterocycles. The molecule has 39 heavy (non-hydrogen) atoms. The van der Waals surface area contributed by atoms with Gasteiger partial charge in [-0.05, 0) is 120 Å². The van der Waals surface area contributed by atoms with Crippen LogP contribution in [0.25, 0.3) is 0 Å². The third-order valence-corrected chi connectivity index (χ3v) is 10.5. The number of hydrogen-bond acceptors (Lipinski definition) is 4. The summed E-state index contributed by atoms with van der Waals surface area (Å²) in [5.74, 6) is 0.899. The molecule has 0 aromatic heterocycles. The van der Waals surface area contributed by atoms with E-state index >= 15 is 0 Å². The van der Waals surface area contributed by atoms with Crippen molar-refractivity contribution in [3.63, 3.8) is 0 Å². The zero-order chi connectivity index (χ0) is 28.6. The second kappa shape index (κ2) is 11.8. The van der Waals surface area contributed by atoms with Crippen LogP contribution in [0.4, 0.5) is 0 Å². The van der Waals surface area contributed by atoms with E-state index in [1.165, 1.54) is 24.0 Å². The van der Waals surface area contributed by atoms with Crippen LogP contribution in [0, 0.1) is 16.7 Å².